The van der Waals surface area contributed by atoms with Crippen molar-refractivity contribution in [2.24, 2.45) is 0 Å². The second-order valence-electron chi connectivity index (χ2n) is 8.14. The van der Waals surface area contributed by atoms with E-state index in [1.165, 1.54) is 16.8 Å². The summed E-state index contributed by atoms with van der Waals surface area (Å²) in [5, 5.41) is 0. The van der Waals surface area contributed by atoms with Crippen molar-refractivity contribution in [3.05, 3.63) is 54.1 Å². The molecule has 11 heteroatoms. The summed E-state index contributed by atoms with van der Waals surface area (Å²) in [6.07, 6.45) is -1.76. The minimum atomic E-state index is -5.06. The molecule has 1 fully saturated rings. The maximum atomic E-state index is 14.9. The van der Waals surface area contributed by atoms with Gasteiger partial charge < -0.3 is 14.5 Å². The quantitative estimate of drug-likeness (QED) is 0.728. The minimum Gasteiger partial charge on any atom is -0.491 e. The van der Waals surface area contributed by atoms with E-state index in [4.69, 9.17) is 4.74 Å². The zero-order valence-electron chi connectivity index (χ0n) is 17.8. The van der Waals surface area contributed by atoms with Crippen LogP contribution < -0.4 is 9.46 Å². The summed E-state index contributed by atoms with van der Waals surface area (Å²) >= 11 is 0. The fourth-order valence-electron chi connectivity index (χ4n) is 4.27. The van der Waals surface area contributed by atoms with Gasteiger partial charge in [-0.05, 0) is 23.6 Å². The van der Waals surface area contributed by atoms with Gasteiger partial charge in [0, 0.05) is 12.6 Å². The largest absolute Gasteiger partial charge is 0.491 e. The fraction of sp³-hybridized carbons (Fsp3) is 0.409. The molecule has 0 saturated carbocycles. The van der Waals surface area contributed by atoms with Crippen LogP contribution in [0.25, 0.3) is 11.1 Å². The Morgan fingerprint density at radius 2 is 1.91 bits per heavy atom. The zero-order chi connectivity index (χ0) is 23.8. The van der Waals surface area contributed by atoms with E-state index in [-0.39, 0.29) is 19.6 Å². The number of nitrogens with one attached hydrogen (secondary N) is 1. The summed E-state index contributed by atoms with van der Waals surface area (Å²) in [5.74, 6) is -3.06. The topological polar surface area (TPSA) is 79.0 Å². The van der Waals surface area contributed by atoms with Crippen molar-refractivity contribution in [1.82, 2.24) is 14.5 Å². The molecule has 0 unspecified atom stereocenters. The van der Waals surface area contributed by atoms with Gasteiger partial charge in [-0.15, -0.1) is 0 Å². The molecule has 178 valence electrons. The Balaban J connectivity index is 1.76. The molecule has 0 radical (unpaired) electrons. The Morgan fingerprint density at radius 1 is 1.15 bits per heavy atom. The van der Waals surface area contributed by atoms with E-state index in [1.54, 1.807) is 16.9 Å². The molecule has 1 N–H and O–H groups in total. The van der Waals surface area contributed by atoms with Crippen molar-refractivity contribution in [3.8, 4) is 16.9 Å². The van der Waals surface area contributed by atoms with Crippen LogP contribution in [-0.4, -0.2) is 75.0 Å². The van der Waals surface area contributed by atoms with E-state index < -0.39 is 46.6 Å². The van der Waals surface area contributed by atoms with Gasteiger partial charge in [0.1, 0.15) is 18.5 Å². The van der Waals surface area contributed by atoms with Crippen molar-refractivity contribution < 1.29 is 31.1 Å². The first-order chi connectivity index (χ1) is 15.7. The third-order valence-corrected chi connectivity index (χ3v) is 7.01. The van der Waals surface area contributed by atoms with E-state index in [0.29, 0.717) is 11.3 Å². The van der Waals surface area contributed by atoms with Gasteiger partial charge in [0.25, 0.3) is 10.0 Å². The number of urea groups is 1. The average Bonchev–Trinajstić information content (AvgIpc) is 3.07. The smallest absolute Gasteiger partial charge is 0.350 e. The van der Waals surface area contributed by atoms with Crippen LogP contribution in [0, 0.1) is 0 Å². The lowest BCUT2D eigenvalue weighted by Gasteiger charge is -2.31. The van der Waals surface area contributed by atoms with Gasteiger partial charge in [0.05, 0.1) is 25.2 Å². The molecule has 7 nitrogen and oxygen atoms in total. The number of sulfonamides is 1. The Labute approximate surface area is 190 Å². The number of para-hydroxylation sites is 1. The van der Waals surface area contributed by atoms with Crippen molar-refractivity contribution in [2.75, 3.05) is 26.7 Å². The van der Waals surface area contributed by atoms with Gasteiger partial charge in [0.15, 0.2) is 0 Å². The average molecular weight is 484 g/mol. The number of hydrogen-bond donors (Lipinski definition) is 1. The van der Waals surface area contributed by atoms with Gasteiger partial charge >= 0.3 is 11.8 Å². The number of carbonyl (C=O) groups excluding carboxylic acids is 1. The summed E-state index contributed by atoms with van der Waals surface area (Å²) in [5.41, 5.74) is 2.35. The molecule has 2 aromatic carbocycles. The lowest BCUT2D eigenvalue weighted by Crippen LogP contribution is -2.52. The highest BCUT2D eigenvalue weighted by Crippen LogP contribution is 2.33. The second-order valence-corrected chi connectivity index (χ2v) is 9.82. The summed E-state index contributed by atoms with van der Waals surface area (Å²) in [6.45, 7) is -0.0403. The van der Waals surface area contributed by atoms with Crippen LogP contribution in [0.3, 0.4) is 0 Å². The number of nitrogens with zero attached hydrogens (tertiary/aromatic N) is 2. The van der Waals surface area contributed by atoms with Gasteiger partial charge in [-0.2, -0.15) is 8.78 Å². The first-order valence-electron chi connectivity index (χ1n) is 10.4. The lowest BCUT2D eigenvalue weighted by molar-refractivity contribution is 0.146. The molecule has 3 atom stereocenters. The molecule has 33 heavy (non-hydrogen) atoms. The predicted octanol–water partition coefficient (Wildman–Crippen LogP) is 2.87. The Kier molecular flexibility index (Phi) is 6.53. The lowest BCUT2D eigenvalue weighted by atomic mass is 9.96. The molecule has 0 aliphatic carbocycles. The van der Waals surface area contributed by atoms with Crippen LogP contribution in [0.4, 0.5) is 18.0 Å². The fourth-order valence-corrected chi connectivity index (χ4v) is 5.06. The molecule has 1 saturated heterocycles. The van der Waals surface area contributed by atoms with Crippen LogP contribution >= 0.6 is 0 Å². The standard InChI is InChI=1S/C22H24F3N3O4S/c1-27-9-10-32-19-8-3-2-7-16(19)15-6-4-5-14(11-15)12-18-20(26-33(30,31)21(24)25)17(23)13-28(18)22(27)29/h2-8,11,17-18,20-21,26H,9-10,12-13H2,1H3/t17-,18-,20-/m0/s1. The van der Waals surface area contributed by atoms with Crippen LogP contribution in [0.5, 0.6) is 5.75 Å². The Bertz CT molecular complexity index is 1130. The Morgan fingerprint density at radius 3 is 2.67 bits per heavy atom. The summed E-state index contributed by atoms with van der Waals surface area (Å²) in [6, 6.07) is 11.7. The van der Waals surface area contributed by atoms with E-state index in [0.717, 1.165) is 11.1 Å². The number of alkyl halides is 3. The summed E-state index contributed by atoms with van der Waals surface area (Å²) in [7, 11) is -3.53. The van der Waals surface area contributed by atoms with Crippen LogP contribution in [-0.2, 0) is 16.4 Å². The molecule has 2 amide bonds. The number of carbonyl (C=O) groups is 1. The number of fused-ring (bicyclic) bond motifs is 5. The molecule has 2 aliphatic rings. The molecule has 2 aromatic rings. The normalized spacial score (nSPS) is 23.8. The third-order valence-electron chi connectivity index (χ3n) is 5.94. The molecule has 0 spiro atoms. The Hall–Kier alpha value is -2.79. The monoisotopic (exact) mass is 483 g/mol. The number of rotatable bonds is 3. The van der Waals surface area contributed by atoms with Crippen LogP contribution in [0.1, 0.15) is 5.56 Å². The number of likely N-dealkylation sites (N-methyl/N-ethyl adjacent to an activating group) is 1. The molecule has 2 heterocycles. The van der Waals surface area contributed by atoms with E-state index in [9.17, 15) is 26.4 Å². The van der Waals surface area contributed by atoms with E-state index in [1.807, 2.05) is 36.4 Å². The first kappa shape index (κ1) is 23.4. The molecular formula is C22H24F3N3O4S. The van der Waals surface area contributed by atoms with E-state index >= 15 is 0 Å². The molecule has 4 rings (SSSR count). The van der Waals surface area contributed by atoms with Crippen molar-refractivity contribution in [1.29, 1.82) is 0 Å². The third kappa shape index (κ3) is 4.79. The number of amides is 2. The summed E-state index contributed by atoms with van der Waals surface area (Å²) < 4.78 is 72.3. The molecule has 0 aromatic heterocycles. The van der Waals surface area contributed by atoms with E-state index in [2.05, 4.69) is 0 Å². The molecule has 2 aliphatic heterocycles. The highest BCUT2D eigenvalue weighted by Gasteiger charge is 2.47. The van der Waals surface area contributed by atoms with Crippen molar-refractivity contribution in [2.45, 2.75) is 30.4 Å². The number of ether oxygens (including phenoxy) is 1. The van der Waals surface area contributed by atoms with Crippen LogP contribution in [0.15, 0.2) is 48.5 Å². The van der Waals surface area contributed by atoms with Crippen LogP contribution in [0.2, 0.25) is 0 Å². The first-order valence-corrected chi connectivity index (χ1v) is 12.0. The number of hydrogen-bond acceptors (Lipinski definition) is 4. The van der Waals surface area contributed by atoms with Gasteiger partial charge in [-0.3, -0.25) is 0 Å². The summed E-state index contributed by atoms with van der Waals surface area (Å²) in [4.78, 5) is 15.6. The molecule has 2 bridgehead atoms. The number of halogens is 3. The van der Waals surface area contributed by atoms with Gasteiger partial charge in [-0.1, -0.05) is 42.5 Å². The van der Waals surface area contributed by atoms with Gasteiger partial charge in [-0.25, -0.2) is 22.3 Å². The highest BCUT2D eigenvalue weighted by molar-refractivity contribution is 7.89. The number of benzene rings is 2. The zero-order valence-corrected chi connectivity index (χ0v) is 18.6. The minimum absolute atomic E-state index is 0.0767. The highest BCUT2D eigenvalue weighted by atomic mass is 32.2. The van der Waals surface area contributed by atoms with Crippen molar-refractivity contribution >= 4 is 16.1 Å². The second kappa shape index (κ2) is 9.22. The maximum Gasteiger partial charge on any atom is 0.350 e. The van der Waals surface area contributed by atoms with Crippen molar-refractivity contribution in [3.63, 3.8) is 0 Å². The SMILES string of the molecule is CN1CCOc2ccccc2-c2cccc(c2)C[C@H]2[C@@H](NS(=O)(=O)C(F)F)[C@@H](F)CN2C1=O. The predicted molar refractivity (Wildman–Crippen MR) is 116 cm³/mol. The molecular weight excluding hydrogens is 459 g/mol. The van der Waals surface area contributed by atoms with Gasteiger partial charge in [0.2, 0.25) is 0 Å². The maximum absolute atomic E-state index is 14.9.